The van der Waals surface area contributed by atoms with E-state index in [0.717, 1.165) is 44.0 Å². The van der Waals surface area contributed by atoms with Crippen LogP contribution in [0.15, 0.2) is 29.6 Å². The summed E-state index contributed by atoms with van der Waals surface area (Å²) in [7, 11) is 0. The molecule has 0 atom stereocenters. The van der Waals surface area contributed by atoms with Crippen LogP contribution in [0.1, 0.15) is 37.0 Å². The Morgan fingerprint density at radius 2 is 1.89 bits per heavy atom. The van der Waals surface area contributed by atoms with Crippen LogP contribution in [0.3, 0.4) is 0 Å². The SMILES string of the molecule is Cc1cccc(NC(=O)CN2CCN(Cc3nc(C(C)(C)C)cs3)CC2)c1. The highest BCUT2D eigenvalue weighted by molar-refractivity contribution is 7.09. The molecule has 0 radical (unpaired) electrons. The van der Waals surface area contributed by atoms with Gasteiger partial charge in [-0.2, -0.15) is 0 Å². The average Bonchev–Trinajstić information content (AvgIpc) is 3.05. The first-order valence-electron chi connectivity index (χ1n) is 9.56. The zero-order valence-corrected chi connectivity index (χ0v) is 17.6. The molecule has 0 unspecified atom stereocenters. The van der Waals surface area contributed by atoms with E-state index in [4.69, 9.17) is 4.98 Å². The number of aryl methyl sites for hydroxylation is 1. The fourth-order valence-electron chi connectivity index (χ4n) is 3.15. The molecule has 1 aromatic carbocycles. The summed E-state index contributed by atoms with van der Waals surface area (Å²) in [6, 6.07) is 7.92. The van der Waals surface area contributed by atoms with Gasteiger partial charge < -0.3 is 5.32 Å². The third-order valence-electron chi connectivity index (χ3n) is 4.81. The molecule has 0 spiro atoms. The lowest BCUT2D eigenvalue weighted by atomic mass is 9.93. The minimum absolute atomic E-state index is 0.0591. The lowest BCUT2D eigenvalue weighted by Gasteiger charge is -2.33. The Kier molecular flexibility index (Phi) is 6.29. The second-order valence-corrected chi connectivity index (χ2v) is 9.29. The van der Waals surface area contributed by atoms with Crippen LogP contribution in [0.2, 0.25) is 0 Å². The topological polar surface area (TPSA) is 48.5 Å². The number of rotatable bonds is 5. The molecular weight excluding hydrogens is 356 g/mol. The van der Waals surface area contributed by atoms with Crippen LogP contribution in [-0.4, -0.2) is 53.4 Å². The van der Waals surface area contributed by atoms with Gasteiger partial charge >= 0.3 is 0 Å². The van der Waals surface area contributed by atoms with Crippen LogP contribution in [0.25, 0.3) is 0 Å². The number of hydrogen-bond donors (Lipinski definition) is 1. The van der Waals surface area contributed by atoms with Crippen LogP contribution in [-0.2, 0) is 16.8 Å². The van der Waals surface area contributed by atoms with Gasteiger partial charge in [-0.15, -0.1) is 11.3 Å². The molecule has 5 nitrogen and oxygen atoms in total. The number of anilines is 1. The summed E-state index contributed by atoms with van der Waals surface area (Å²) in [4.78, 5) is 21.7. The third-order valence-corrected chi connectivity index (χ3v) is 5.65. The Bertz CT molecular complexity index is 772. The Morgan fingerprint density at radius 3 is 2.52 bits per heavy atom. The van der Waals surface area contributed by atoms with Crippen molar-refractivity contribution in [2.45, 2.75) is 39.7 Å². The number of aromatic nitrogens is 1. The van der Waals surface area contributed by atoms with Gasteiger partial charge in [0, 0.05) is 42.7 Å². The summed E-state index contributed by atoms with van der Waals surface area (Å²) in [6.45, 7) is 13.8. The molecule has 2 aromatic rings. The van der Waals surface area contributed by atoms with Gasteiger partial charge in [-0.3, -0.25) is 14.6 Å². The molecule has 27 heavy (non-hydrogen) atoms. The van der Waals surface area contributed by atoms with Crippen LogP contribution in [0, 0.1) is 6.92 Å². The number of carbonyl (C=O) groups is 1. The van der Waals surface area contributed by atoms with Crippen molar-refractivity contribution in [2.24, 2.45) is 0 Å². The number of nitrogens with zero attached hydrogens (tertiary/aromatic N) is 3. The van der Waals surface area contributed by atoms with Gasteiger partial charge in [0.05, 0.1) is 18.8 Å². The molecule has 0 bridgehead atoms. The van der Waals surface area contributed by atoms with Gasteiger partial charge in [-0.1, -0.05) is 32.9 Å². The molecular formula is C21H30N4OS. The van der Waals surface area contributed by atoms with Crippen molar-refractivity contribution < 1.29 is 4.79 Å². The molecule has 1 amide bonds. The number of amides is 1. The van der Waals surface area contributed by atoms with E-state index in [0.29, 0.717) is 6.54 Å². The van der Waals surface area contributed by atoms with Crippen molar-refractivity contribution in [1.29, 1.82) is 0 Å². The van der Waals surface area contributed by atoms with Crippen molar-refractivity contribution in [1.82, 2.24) is 14.8 Å². The van der Waals surface area contributed by atoms with Crippen molar-refractivity contribution in [3.8, 4) is 0 Å². The fraction of sp³-hybridized carbons (Fsp3) is 0.524. The summed E-state index contributed by atoms with van der Waals surface area (Å²) < 4.78 is 0. The molecule has 1 N–H and O–H groups in total. The Morgan fingerprint density at radius 1 is 1.19 bits per heavy atom. The van der Waals surface area contributed by atoms with E-state index in [1.807, 2.05) is 31.2 Å². The maximum absolute atomic E-state index is 12.3. The number of thiazole rings is 1. The summed E-state index contributed by atoms with van der Waals surface area (Å²) in [5.41, 5.74) is 3.31. The first kappa shape index (κ1) is 20.0. The number of piperazine rings is 1. The van der Waals surface area contributed by atoms with Gasteiger partial charge in [0.1, 0.15) is 5.01 Å². The smallest absolute Gasteiger partial charge is 0.238 e. The van der Waals surface area contributed by atoms with Gasteiger partial charge in [-0.25, -0.2) is 4.98 Å². The van der Waals surface area contributed by atoms with Crippen LogP contribution >= 0.6 is 11.3 Å². The lowest BCUT2D eigenvalue weighted by Crippen LogP contribution is -2.48. The first-order valence-corrected chi connectivity index (χ1v) is 10.4. The second-order valence-electron chi connectivity index (χ2n) is 8.35. The highest BCUT2D eigenvalue weighted by Gasteiger charge is 2.22. The standard InChI is InChI=1S/C21H30N4OS/c1-16-6-5-7-17(12-16)22-19(26)13-24-8-10-25(11-9-24)14-20-23-18(15-27-20)21(2,3)4/h5-7,12,15H,8-11,13-14H2,1-4H3,(H,22,26). The van der Waals surface area contributed by atoms with Crippen molar-refractivity contribution in [3.63, 3.8) is 0 Å². The summed E-state index contributed by atoms with van der Waals surface area (Å²) >= 11 is 1.75. The van der Waals surface area contributed by atoms with E-state index in [-0.39, 0.29) is 11.3 Å². The van der Waals surface area contributed by atoms with E-state index < -0.39 is 0 Å². The molecule has 1 aliphatic heterocycles. The van der Waals surface area contributed by atoms with Crippen molar-refractivity contribution >= 4 is 22.9 Å². The molecule has 2 heterocycles. The third kappa shape index (κ3) is 5.86. The van der Waals surface area contributed by atoms with Crippen LogP contribution in [0.4, 0.5) is 5.69 Å². The zero-order valence-electron chi connectivity index (χ0n) is 16.8. The average molecular weight is 387 g/mol. The Hall–Kier alpha value is -1.76. The van der Waals surface area contributed by atoms with E-state index in [1.54, 1.807) is 11.3 Å². The minimum Gasteiger partial charge on any atom is -0.325 e. The predicted molar refractivity (Wildman–Crippen MR) is 112 cm³/mol. The minimum atomic E-state index is 0.0591. The summed E-state index contributed by atoms with van der Waals surface area (Å²) in [5, 5.41) is 6.36. The monoisotopic (exact) mass is 386 g/mol. The number of benzene rings is 1. The largest absolute Gasteiger partial charge is 0.325 e. The molecule has 146 valence electrons. The van der Waals surface area contributed by atoms with Gasteiger partial charge in [-0.05, 0) is 24.6 Å². The summed E-state index contributed by atoms with van der Waals surface area (Å²) in [6.07, 6.45) is 0. The van der Waals surface area contributed by atoms with Crippen molar-refractivity contribution in [3.05, 3.63) is 45.9 Å². The fourth-order valence-corrected chi connectivity index (χ4v) is 4.21. The van der Waals surface area contributed by atoms with Crippen LogP contribution < -0.4 is 5.32 Å². The zero-order chi connectivity index (χ0) is 19.4. The van der Waals surface area contributed by atoms with Gasteiger partial charge in [0.25, 0.3) is 0 Å². The molecule has 3 rings (SSSR count). The molecule has 1 aliphatic rings. The first-order chi connectivity index (χ1) is 12.8. The maximum Gasteiger partial charge on any atom is 0.238 e. The number of carbonyl (C=O) groups excluding carboxylic acids is 1. The quantitative estimate of drug-likeness (QED) is 0.854. The predicted octanol–water partition coefficient (Wildman–Crippen LogP) is 3.51. The molecule has 0 saturated carbocycles. The Labute approximate surface area is 166 Å². The lowest BCUT2D eigenvalue weighted by molar-refractivity contribution is -0.117. The number of nitrogens with one attached hydrogen (secondary N) is 1. The van der Waals surface area contributed by atoms with E-state index in [2.05, 4.69) is 41.3 Å². The molecule has 1 saturated heterocycles. The normalized spacial score (nSPS) is 16.4. The molecule has 1 aromatic heterocycles. The highest BCUT2D eigenvalue weighted by Crippen LogP contribution is 2.24. The molecule has 6 heteroatoms. The molecule has 0 aliphatic carbocycles. The second kappa shape index (κ2) is 8.50. The summed E-state index contributed by atoms with van der Waals surface area (Å²) in [5.74, 6) is 0.0591. The van der Waals surface area contributed by atoms with Crippen molar-refractivity contribution in [2.75, 3.05) is 38.0 Å². The maximum atomic E-state index is 12.3. The van der Waals surface area contributed by atoms with E-state index in [1.165, 1.54) is 10.7 Å². The van der Waals surface area contributed by atoms with Crippen LogP contribution in [0.5, 0.6) is 0 Å². The molecule has 1 fully saturated rings. The van der Waals surface area contributed by atoms with Gasteiger partial charge in [0.2, 0.25) is 5.91 Å². The highest BCUT2D eigenvalue weighted by atomic mass is 32.1. The Balaban J connectivity index is 1.43. The van der Waals surface area contributed by atoms with Gasteiger partial charge in [0.15, 0.2) is 0 Å². The number of hydrogen-bond acceptors (Lipinski definition) is 5. The van der Waals surface area contributed by atoms with E-state index >= 15 is 0 Å². The van der Waals surface area contributed by atoms with E-state index in [9.17, 15) is 4.79 Å².